The van der Waals surface area contributed by atoms with Crippen molar-refractivity contribution < 1.29 is 35.9 Å². The highest BCUT2D eigenvalue weighted by molar-refractivity contribution is 7.44. The van der Waals surface area contributed by atoms with Crippen LogP contribution < -0.4 is 5.32 Å². The first-order valence-electron chi connectivity index (χ1n) is 17.7. The van der Waals surface area contributed by atoms with Crippen molar-refractivity contribution >= 4 is 37.4 Å². The first-order valence-corrected chi connectivity index (χ1v) is 22.8. The molecule has 1 aromatic heterocycles. The molecule has 12 nitrogen and oxygen atoms in total. The van der Waals surface area contributed by atoms with Gasteiger partial charge in [-0.05, 0) is 49.9 Å². The highest BCUT2D eigenvalue weighted by Gasteiger charge is 2.63. The molecule has 0 aromatic carbocycles. The highest BCUT2D eigenvalue weighted by atomic mass is 31.2. The van der Waals surface area contributed by atoms with Crippen molar-refractivity contribution in [3.8, 4) is 6.07 Å². The van der Waals surface area contributed by atoms with Crippen LogP contribution in [0.25, 0.3) is 0 Å². The predicted octanol–water partition coefficient (Wildman–Crippen LogP) is 7.60. The van der Waals surface area contributed by atoms with E-state index in [4.69, 9.17) is 26.8 Å². The number of halogens is 1. The predicted molar refractivity (Wildman–Crippen MR) is 193 cm³/mol. The number of aromatic nitrogens is 1. The molecule has 4 heterocycles. The smallest absolute Gasteiger partial charge is 0.335 e. The van der Waals surface area contributed by atoms with E-state index in [0.29, 0.717) is 5.82 Å². The van der Waals surface area contributed by atoms with Crippen molar-refractivity contribution in [1.82, 2.24) is 14.1 Å². The zero-order valence-electron chi connectivity index (χ0n) is 31.7. The fourth-order valence-electron chi connectivity index (χ4n) is 7.39. The minimum atomic E-state index is -3.11. The van der Waals surface area contributed by atoms with E-state index >= 15 is 4.39 Å². The van der Waals surface area contributed by atoms with E-state index in [0.717, 1.165) is 0 Å². The number of rotatable bonds is 13. The summed E-state index contributed by atoms with van der Waals surface area (Å²) in [4.78, 5) is 14.6. The quantitative estimate of drug-likeness (QED) is 0.123. The molecule has 1 amide bonds. The summed E-state index contributed by atoms with van der Waals surface area (Å²) < 4.78 is 61.8. The third kappa shape index (κ3) is 7.70. The van der Waals surface area contributed by atoms with E-state index in [2.05, 4.69) is 99.1 Å². The molecule has 1 aromatic rings. The average molecular weight is 744 g/mol. The lowest BCUT2D eigenvalue weighted by molar-refractivity contribution is -0.0571. The SMILES string of the molecule is CC(C)N(C(C)C)P(OCCC#N)O[C@@H]1[C@@H]2O[Si](C(C)C)(C(C)C)O[Si](C(C)C)(C(C)C)OC[C@H]2O[C@H]1n1cc(F)c2c1NCN(C)C2=O. The van der Waals surface area contributed by atoms with E-state index in [1.807, 2.05) is 0 Å². The van der Waals surface area contributed by atoms with Gasteiger partial charge in [0.05, 0.1) is 32.4 Å². The lowest BCUT2D eigenvalue weighted by atomic mass is 10.1. The number of anilines is 1. The Morgan fingerprint density at radius 3 is 2.16 bits per heavy atom. The number of nitrogens with one attached hydrogen (secondary N) is 1. The fraction of sp³-hybridized carbons (Fsp3) is 0.818. The van der Waals surface area contributed by atoms with Crippen molar-refractivity contribution in [2.75, 3.05) is 32.2 Å². The van der Waals surface area contributed by atoms with Gasteiger partial charge in [0.25, 0.3) is 14.4 Å². The summed E-state index contributed by atoms with van der Waals surface area (Å²) in [6.07, 6.45) is -1.45. The molecule has 16 heteroatoms. The van der Waals surface area contributed by atoms with Gasteiger partial charge in [-0.1, -0.05) is 55.4 Å². The molecule has 2 saturated heterocycles. The minimum Gasteiger partial charge on any atom is -0.414 e. The molecule has 278 valence electrons. The molecule has 49 heavy (non-hydrogen) atoms. The monoisotopic (exact) mass is 743 g/mol. The van der Waals surface area contributed by atoms with Crippen molar-refractivity contribution in [1.29, 1.82) is 5.26 Å². The number of amides is 1. The maximum Gasteiger partial charge on any atom is 0.335 e. The van der Waals surface area contributed by atoms with E-state index in [9.17, 15) is 10.1 Å². The second kappa shape index (κ2) is 16.1. The minimum absolute atomic E-state index is 0.0430. The molecule has 1 unspecified atom stereocenters. The van der Waals surface area contributed by atoms with Crippen LogP contribution in [0.1, 0.15) is 106 Å². The second-order valence-corrected chi connectivity index (χ2v) is 25.4. The largest absolute Gasteiger partial charge is 0.414 e. The highest BCUT2D eigenvalue weighted by Crippen LogP contribution is 2.54. The average Bonchev–Trinajstić information content (AvgIpc) is 3.50. The summed E-state index contributed by atoms with van der Waals surface area (Å²) in [5.41, 5.74) is 0.360. The summed E-state index contributed by atoms with van der Waals surface area (Å²) in [5.74, 6) is -0.735. The zero-order chi connectivity index (χ0) is 36.6. The van der Waals surface area contributed by atoms with Crippen molar-refractivity contribution in [2.24, 2.45) is 0 Å². The van der Waals surface area contributed by atoms with Gasteiger partial charge in [0, 0.05) is 25.3 Å². The topological polar surface area (TPSA) is 120 Å². The molecular formula is C33H59FN5O7PSi2. The Hall–Kier alpha value is -1.45. The van der Waals surface area contributed by atoms with E-state index in [1.165, 1.54) is 11.1 Å². The van der Waals surface area contributed by atoms with Crippen LogP contribution in [0.5, 0.6) is 0 Å². The zero-order valence-corrected chi connectivity index (χ0v) is 34.5. The Kier molecular flexibility index (Phi) is 13.2. The lowest BCUT2D eigenvalue weighted by Crippen LogP contribution is -2.65. The molecule has 0 aliphatic carbocycles. The van der Waals surface area contributed by atoms with Crippen LogP contribution in [-0.2, 0) is 26.8 Å². The number of nitrogens with zero attached hydrogens (tertiary/aromatic N) is 4. The number of hydrogen-bond acceptors (Lipinski definition) is 10. The third-order valence-corrected chi connectivity index (χ3v) is 22.2. The fourth-order valence-corrected chi connectivity index (χ4v) is 20.3. The molecule has 0 radical (unpaired) electrons. The molecule has 2 fully saturated rings. The second-order valence-electron chi connectivity index (χ2n) is 15.2. The first kappa shape index (κ1) is 40.3. The standard InChI is InChI=1S/C33H59FN5O7PSi2/c1-20(2)39(21(3)4)47(41-16-14-15-35)44-30-29-27(43-33(30)38-17-26(34)28-31(38)36-19-37(13)32(28)40)18-42-48(22(5)6,23(7)8)46-49(45-29,24(9)10)25(11)12/h17,20-25,27,29-30,33,36H,14,16,18-19H2,1-13H3/t27-,29-,30-,33-,47?/m1/s1. The summed E-state index contributed by atoms with van der Waals surface area (Å²) in [5, 5.41) is 12.6. The van der Waals surface area contributed by atoms with Crippen molar-refractivity contribution in [3.63, 3.8) is 0 Å². The molecule has 0 bridgehead atoms. The number of nitriles is 1. The lowest BCUT2D eigenvalue weighted by Gasteiger charge is -2.51. The van der Waals surface area contributed by atoms with Gasteiger partial charge in [-0.15, -0.1) is 0 Å². The Bertz CT molecular complexity index is 1320. The third-order valence-electron chi connectivity index (χ3n) is 9.80. The molecule has 3 aliphatic rings. The molecule has 3 aliphatic heterocycles. The number of carbonyl (C=O) groups excluding carboxylic acids is 1. The number of hydrogen-bond donors (Lipinski definition) is 1. The first-order chi connectivity index (χ1) is 22.9. The van der Waals surface area contributed by atoms with Gasteiger partial charge >= 0.3 is 17.1 Å². The van der Waals surface area contributed by atoms with E-state index in [-0.39, 0.29) is 66.1 Å². The van der Waals surface area contributed by atoms with Crippen LogP contribution in [0.3, 0.4) is 0 Å². The van der Waals surface area contributed by atoms with Crippen molar-refractivity contribution in [2.45, 2.75) is 148 Å². The van der Waals surface area contributed by atoms with Crippen LogP contribution in [0.15, 0.2) is 6.20 Å². The molecule has 4 rings (SSSR count). The van der Waals surface area contributed by atoms with E-state index in [1.54, 1.807) is 11.6 Å². The Morgan fingerprint density at radius 2 is 1.63 bits per heavy atom. The van der Waals surface area contributed by atoms with Crippen LogP contribution in [0, 0.1) is 17.1 Å². The van der Waals surface area contributed by atoms with E-state index < -0.39 is 61.9 Å². The van der Waals surface area contributed by atoms with Gasteiger partial charge in [0.15, 0.2) is 12.0 Å². The van der Waals surface area contributed by atoms with Crippen LogP contribution in [0.4, 0.5) is 10.2 Å². The maximum absolute atomic E-state index is 15.7. The van der Waals surface area contributed by atoms with Gasteiger partial charge in [-0.2, -0.15) is 5.26 Å². The molecule has 5 atom stereocenters. The van der Waals surface area contributed by atoms with Gasteiger partial charge < -0.3 is 41.5 Å². The molecule has 1 N–H and O–H groups in total. The summed E-state index contributed by atoms with van der Waals surface area (Å²) in [7, 11) is -6.11. The van der Waals surface area contributed by atoms with Gasteiger partial charge in [-0.25, -0.2) is 9.06 Å². The molecule has 0 spiro atoms. The summed E-state index contributed by atoms with van der Waals surface area (Å²) in [6.45, 7) is 26.2. The van der Waals surface area contributed by atoms with Crippen LogP contribution in [-0.4, -0.2) is 94.5 Å². The summed E-state index contributed by atoms with van der Waals surface area (Å²) in [6, 6.07) is 2.26. The normalized spacial score (nSPS) is 26.0. The maximum atomic E-state index is 15.7. The number of ether oxygens (including phenoxy) is 1. The van der Waals surface area contributed by atoms with Gasteiger partial charge in [-0.3, -0.25) is 4.79 Å². The number of fused-ring (bicyclic) bond motifs is 2. The molecular weight excluding hydrogens is 685 g/mol. The Balaban J connectivity index is 1.91. The Morgan fingerprint density at radius 1 is 1.04 bits per heavy atom. The summed E-state index contributed by atoms with van der Waals surface area (Å²) >= 11 is 0. The van der Waals surface area contributed by atoms with Crippen LogP contribution in [0.2, 0.25) is 22.2 Å². The number of carbonyl (C=O) groups is 1. The van der Waals surface area contributed by atoms with Crippen molar-refractivity contribution in [3.05, 3.63) is 17.6 Å². The van der Waals surface area contributed by atoms with Gasteiger partial charge in [0.1, 0.15) is 29.7 Å². The molecule has 0 saturated carbocycles. The van der Waals surface area contributed by atoms with Crippen LogP contribution >= 0.6 is 8.53 Å². The Labute approximate surface area is 296 Å². The van der Waals surface area contributed by atoms with Gasteiger partial charge in [0.2, 0.25) is 0 Å².